The van der Waals surface area contributed by atoms with E-state index >= 15 is 0 Å². The van der Waals surface area contributed by atoms with Gasteiger partial charge in [0.25, 0.3) is 0 Å². The van der Waals surface area contributed by atoms with Gasteiger partial charge >= 0.3 is 0 Å². The number of nitrogens with zero attached hydrogens (tertiary/aromatic N) is 1. The summed E-state index contributed by atoms with van der Waals surface area (Å²) in [6.45, 7) is 11.1. The van der Waals surface area contributed by atoms with Crippen LogP contribution < -0.4 is 17.0 Å². The van der Waals surface area contributed by atoms with Gasteiger partial charge < -0.3 is 22.0 Å². The minimum absolute atomic E-state index is 0. The number of H-pyrrole nitrogens is 1. The third-order valence-corrected chi connectivity index (χ3v) is 0.635. The van der Waals surface area contributed by atoms with Gasteiger partial charge in [0.05, 0.1) is 0 Å². The molecule has 1 aromatic heterocycles. The molecule has 0 aliphatic carbocycles. The minimum atomic E-state index is -0.389. The Kier molecular flexibility index (Phi) is 8.07. The van der Waals surface area contributed by atoms with Gasteiger partial charge in [-0.05, 0) is 6.92 Å². The molecule has 0 radical (unpaired) electrons. The Bertz CT molecular complexity index is 173. The van der Waals surface area contributed by atoms with Crippen LogP contribution in [0.3, 0.4) is 0 Å². The fraction of sp³-hybridized carbons (Fsp3) is 0.625. The second kappa shape index (κ2) is 6.62. The Morgan fingerprint density at radius 3 is 1.75 bits per heavy atom. The van der Waals surface area contributed by atoms with Gasteiger partial charge in [-0.2, -0.15) is 0 Å². The van der Waals surface area contributed by atoms with E-state index < -0.39 is 0 Å². The summed E-state index contributed by atoms with van der Waals surface area (Å²) in [7, 11) is -0.389. The van der Waals surface area contributed by atoms with Crippen molar-refractivity contribution >= 4 is 7.26 Å². The summed E-state index contributed by atoms with van der Waals surface area (Å²) in [6.07, 6.45) is 3.53. The highest BCUT2D eigenvalue weighted by atomic mass is 79.9. The molecule has 1 N–H and O–H groups in total. The lowest BCUT2D eigenvalue weighted by atomic mass is 10.8. The van der Waals surface area contributed by atoms with Crippen LogP contribution in [0.25, 0.3) is 0 Å². The number of imidazole rings is 1. The molecular weight excluding hydrogens is 235 g/mol. The molecular formula is C8H18BrN2P. The molecule has 0 atom stereocenters. The van der Waals surface area contributed by atoms with Gasteiger partial charge in [-0.15, -0.1) is 0 Å². The van der Waals surface area contributed by atoms with E-state index in [-0.39, 0.29) is 24.2 Å². The Morgan fingerprint density at radius 1 is 1.25 bits per heavy atom. The molecule has 0 aliphatic heterocycles. The fourth-order valence-electron chi connectivity index (χ4n) is 0.344. The van der Waals surface area contributed by atoms with Crippen LogP contribution in [0.4, 0.5) is 0 Å². The molecule has 0 amide bonds. The largest absolute Gasteiger partial charge is 1.00 e. The molecule has 1 heterocycles. The van der Waals surface area contributed by atoms with Gasteiger partial charge in [-0.3, -0.25) is 0 Å². The number of hydrogen-bond acceptors (Lipinski definition) is 1. The predicted molar refractivity (Wildman–Crippen MR) is 53.9 cm³/mol. The van der Waals surface area contributed by atoms with Gasteiger partial charge in [-0.25, -0.2) is 4.98 Å². The van der Waals surface area contributed by atoms with Crippen molar-refractivity contribution < 1.29 is 17.0 Å². The quantitative estimate of drug-likeness (QED) is 0.605. The van der Waals surface area contributed by atoms with Crippen LogP contribution in [0.1, 0.15) is 5.82 Å². The highest BCUT2D eigenvalue weighted by Crippen LogP contribution is 2.40. The molecule has 0 unspecified atom stereocenters. The maximum Gasteiger partial charge on any atom is 0.102 e. The van der Waals surface area contributed by atoms with Crippen molar-refractivity contribution in [3.05, 3.63) is 18.2 Å². The van der Waals surface area contributed by atoms with E-state index in [1.165, 1.54) is 0 Å². The van der Waals surface area contributed by atoms with E-state index in [0.29, 0.717) is 0 Å². The first kappa shape index (κ1) is 14.6. The number of aromatic nitrogens is 2. The van der Waals surface area contributed by atoms with Gasteiger partial charge in [-0.1, -0.05) is 0 Å². The zero-order chi connectivity index (χ0) is 8.91. The van der Waals surface area contributed by atoms with Crippen molar-refractivity contribution in [1.82, 2.24) is 9.97 Å². The molecule has 0 saturated heterocycles. The van der Waals surface area contributed by atoms with E-state index in [1.807, 2.05) is 6.92 Å². The van der Waals surface area contributed by atoms with Crippen LogP contribution in [0.2, 0.25) is 0 Å². The normalized spacial score (nSPS) is 9.42. The Balaban J connectivity index is 0. The summed E-state index contributed by atoms with van der Waals surface area (Å²) < 4.78 is 0. The summed E-state index contributed by atoms with van der Waals surface area (Å²) in [5, 5.41) is 0. The van der Waals surface area contributed by atoms with Crippen LogP contribution in [0, 0.1) is 6.92 Å². The number of halogens is 1. The van der Waals surface area contributed by atoms with Crippen LogP contribution in [0.15, 0.2) is 12.4 Å². The average Bonchev–Trinajstić information content (AvgIpc) is 2.12. The number of rotatable bonds is 0. The molecule has 0 bridgehead atoms. The third kappa shape index (κ3) is 16.6. The standard InChI is InChI=1S/C4H6N2.C4H12P.BrH/c1-4-5-2-3-6-4;1-5(2,3)4;/h2-3H,1H3,(H,5,6);1-4H3;1H/q;+1;/p-1. The number of aryl methyl sites for hydroxylation is 1. The van der Waals surface area contributed by atoms with Crippen LogP contribution in [-0.4, -0.2) is 36.6 Å². The summed E-state index contributed by atoms with van der Waals surface area (Å²) in [5.74, 6) is 0.968. The van der Waals surface area contributed by atoms with Crippen molar-refractivity contribution in [2.45, 2.75) is 6.92 Å². The number of nitrogens with one attached hydrogen (secondary N) is 1. The highest BCUT2D eigenvalue weighted by Gasteiger charge is 2.03. The maximum atomic E-state index is 3.86. The molecule has 2 nitrogen and oxygen atoms in total. The van der Waals surface area contributed by atoms with Gasteiger partial charge in [0, 0.05) is 46.3 Å². The second-order valence-electron chi connectivity index (χ2n) is 3.86. The van der Waals surface area contributed by atoms with E-state index in [9.17, 15) is 0 Å². The lowest BCUT2D eigenvalue weighted by molar-refractivity contribution is -0.00000300. The van der Waals surface area contributed by atoms with Crippen LogP contribution in [0.5, 0.6) is 0 Å². The highest BCUT2D eigenvalue weighted by molar-refractivity contribution is 7.72. The SMILES string of the molecule is C[P+](C)(C)C.Cc1ncc[nH]1.[Br-]. The van der Waals surface area contributed by atoms with Crippen molar-refractivity contribution in [2.24, 2.45) is 0 Å². The minimum Gasteiger partial charge on any atom is -1.00 e. The molecule has 1 rings (SSSR count). The first-order valence-electron chi connectivity index (χ1n) is 3.64. The molecule has 0 spiro atoms. The van der Waals surface area contributed by atoms with Gasteiger partial charge in [0.15, 0.2) is 0 Å². The molecule has 0 saturated carbocycles. The van der Waals surface area contributed by atoms with E-state index in [1.54, 1.807) is 12.4 Å². The van der Waals surface area contributed by atoms with E-state index in [2.05, 4.69) is 36.6 Å². The molecule has 12 heavy (non-hydrogen) atoms. The molecule has 4 heteroatoms. The summed E-state index contributed by atoms with van der Waals surface area (Å²) >= 11 is 0. The Hall–Kier alpha value is 0.120. The zero-order valence-corrected chi connectivity index (χ0v) is 10.9. The summed E-state index contributed by atoms with van der Waals surface area (Å²) in [5.41, 5.74) is 0. The summed E-state index contributed by atoms with van der Waals surface area (Å²) in [4.78, 5) is 6.75. The topological polar surface area (TPSA) is 28.7 Å². The lowest BCUT2D eigenvalue weighted by Gasteiger charge is -1.97. The van der Waals surface area contributed by atoms with E-state index in [0.717, 1.165) is 5.82 Å². The van der Waals surface area contributed by atoms with Crippen molar-refractivity contribution in [1.29, 1.82) is 0 Å². The monoisotopic (exact) mass is 252 g/mol. The van der Waals surface area contributed by atoms with Crippen LogP contribution >= 0.6 is 7.26 Å². The maximum absolute atomic E-state index is 3.86. The smallest absolute Gasteiger partial charge is 0.102 e. The fourth-order valence-corrected chi connectivity index (χ4v) is 0.344. The first-order valence-corrected chi connectivity index (χ1v) is 7.22. The number of hydrogen-bond donors (Lipinski definition) is 1. The average molecular weight is 253 g/mol. The summed E-state index contributed by atoms with van der Waals surface area (Å²) in [6, 6.07) is 0. The van der Waals surface area contributed by atoms with Crippen molar-refractivity contribution in [3.63, 3.8) is 0 Å². The Labute approximate surface area is 86.3 Å². The number of aromatic amines is 1. The molecule has 0 fully saturated rings. The van der Waals surface area contributed by atoms with Gasteiger partial charge in [0.2, 0.25) is 0 Å². The van der Waals surface area contributed by atoms with Crippen LogP contribution in [-0.2, 0) is 0 Å². The molecule has 72 valence electrons. The predicted octanol–water partition coefficient (Wildman–Crippen LogP) is -0.755. The third-order valence-electron chi connectivity index (χ3n) is 0.635. The molecule has 1 aromatic rings. The molecule has 0 aromatic carbocycles. The lowest BCUT2D eigenvalue weighted by Crippen LogP contribution is -3.00. The van der Waals surface area contributed by atoms with Crippen molar-refractivity contribution in [3.8, 4) is 0 Å². The zero-order valence-electron chi connectivity index (χ0n) is 8.43. The Morgan fingerprint density at radius 2 is 1.67 bits per heavy atom. The van der Waals surface area contributed by atoms with Gasteiger partial charge in [0.1, 0.15) is 5.82 Å². The van der Waals surface area contributed by atoms with Crippen molar-refractivity contribution in [2.75, 3.05) is 26.7 Å². The van der Waals surface area contributed by atoms with E-state index in [4.69, 9.17) is 0 Å². The second-order valence-corrected chi connectivity index (χ2v) is 9.22. The molecule has 0 aliphatic rings. The first-order chi connectivity index (χ1) is 4.89.